The van der Waals surface area contributed by atoms with E-state index in [4.69, 9.17) is 4.74 Å². The van der Waals surface area contributed by atoms with Gasteiger partial charge in [0.1, 0.15) is 11.4 Å². The molecule has 1 amide bonds. The second kappa shape index (κ2) is 7.83. The van der Waals surface area contributed by atoms with Crippen LogP contribution in [0.5, 0.6) is 5.75 Å². The van der Waals surface area contributed by atoms with E-state index in [0.29, 0.717) is 48.7 Å². The first-order chi connectivity index (χ1) is 14.0. The predicted octanol–water partition coefficient (Wildman–Crippen LogP) is 1.67. The number of rotatable bonds is 4. The van der Waals surface area contributed by atoms with Gasteiger partial charge < -0.3 is 14.6 Å². The fourth-order valence-corrected chi connectivity index (χ4v) is 3.32. The third-order valence-corrected chi connectivity index (χ3v) is 4.96. The molecular weight excluding hydrogens is 370 g/mol. The van der Waals surface area contributed by atoms with E-state index in [1.54, 1.807) is 24.4 Å². The van der Waals surface area contributed by atoms with Crippen molar-refractivity contribution < 1.29 is 9.53 Å². The number of fused-ring (bicyclic) bond motifs is 1. The van der Waals surface area contributed by atoms with Crippen LogP contribution in [0.25, 0.3) is 11.5 Å². The summed E-state index contributed by atoms with van der Waals surface area (Å²) in [6, 6.07) is 7.44. The highest BCUT2D eigenvalue weighted by Gasteiger charge is 2.25. The molecule has 0 saturated carbocycles. The fraction of sp³-hybridized carbons (Fsp3) is 0.286. The largest absolute Gasteiger partial charge is 0.497 e. The standard InChI is InChI=1S/C21H21N5O3/c1-13-10-23-17(11-22-13)20-24-18-12-26(8-7-16(18)21(28)25-20)19(27)9-14-3-5-15(29-2)6-4-14/h3-6,10-11H,7-9,12H2,1-2H3,(H,24,25,28). The van der Waals surface area contributed by atoms with Gasteiger partial charge in [0.2, 0.25) is 5.91 Å². The quantitative estimate of drug-likeness (QED) is 0.726. The summed E-state index contributed by atoms with van der Waals surface area (Å²) < 4.78 is 5.15. The molecule has 0 bridgehead atoms. The zero-order chi connectivity index (χ0) is 20.4. The Hall–Kier alpha value is -3.55. The smallest absolute Gasteiger partial charge is 0.254 e. The Labute approximate surface area is 167 Å². The molecule has 148 valence electrons. The number of aryl methyl sites for hydroxylation is 1. The molecule has 0 radical (unpaired) electrons. The highest BCUT2D eigenvalue weighted by molar-refractivity contribution is 5.79. The first-order valence-corrected chi connectivity index (χ1v) is 9.35. The summed E-state index contributed by atoms with van der Waals surface area (Å²) in [5.41, 5.74) is 3.25. The number of carbonyl (C=O) groups excluding carboxylic acids is 1. The van der Waals surface area contributed by atoms with Gasteiger partial charge >= 0.3 is 0 Å². The van der Waals surface area contributed by atoms with Gasteiger partial charge in [-0.1, -0.05) is 12.1 Å². The minimum absolute atomic E-state index is 0.000393. The van der Waals surface area contributed by atoms with Crippen LogP contribution in [0, 0.1) is 6.92 Å². The van der Waals surface area contributed by atoms with Crippen molar-refractivity contribution in [3.8, 4) is 17.3 Å². The number of amides is 1. The second-order valence-electron chi connectivity index (χ2n) is 6.97. The summed E-state index contributed by atoms with van der Waals surface area (Å²) in [4.78, 5) is 42.8. The summed E-state index contributed by atoms with van der Waals surface area (Å²) >= 11 is 0. The normalized spacial score (nSPS) is 13.1. The van der Waals surface area contributed by atoms with Crippen LogP contribution in [-0.2, 0) is 24.2 Å². The van der Waals surface area contributed by atoms with Crippen LogP contribution in [0.3, 0.4) is 0 Å². The maximum atomic E-state index is 12.8. The Balaban J connectivity index is 1.54. The molecule has 0 spiro atoms. The van der Waals surface area contributed by atoms with Gasteiger partial charge in [-0.25, -0.2) is 9.97 Å². The number of nitrogens with zero attached hydrogens (tertiary/aromatic N) is 4. The van der Waals surface area contributed by atoms with Gasteiger partial charge in [0.25, 0.3) is 5.56 Å². The maximum Gasteiger partial charge on any atom is 0.254 e. The van der Waals surface area contributed by atoms with Crippen LogP contribution < -0.4 is 10.3 Å². The second-order valence-corrected chi connectivity index (χ2v) is 6.97. The minimum Gasteiger partial charge on any atom is -0.497 e. The molecule has 0 atom stereocenters. The van der Waals surface area contributed by atoms with E-state index in [1.165, 1.54) is 0 Å². The third kappa shape index (κ3) is 4.01. The lowest BCUT2D eigenvalue weighted by atomic mass is 10.0. The number of hydrogen-bond donors (Lipinski definition) is 1. The molecule has 8 heteroatoms. The number of nitrogens with one attached hydrogen (secondary N) is 1. The van der Waals surface area contributed by atoms with Gasteiger partial charge in [0, 0.05) is 18.3 Å². The topological polar surface area (TPSA) is 101 Å². The van der Waals surface area contributed by atoms with E-state index >= 15 is 0 Å². The third-order valence-electron chi connectivity index (χ3n) is 4.96. The molecule has 0 saturated heterocycles. The van der Waals surface area contributed by atoms with E-state index in [0.717, 1.165) is 17.0 Å². The van der Waals surface area contributed by atoms with E-state index in [2.05, 4.69) is 19.9 Å². The Bertz CT molecular complexity index is 1090. The molecule has 8 nitrogen and oxygen atoms in total. The van der Waals surface area contributed by atoms with Crippen LogP contribution in [0.2, 0.25) is 0 Å². The van der Waals surface area contributed by atoms with Gasteiger partial charge in [-0.3, -0.25) is 14.6 Å². The number of aromatic nitrogens is 4. The Morgan fingerprint density at radius 2 is 2.00 bits per heavy atom. The first-order valence-electron chi connectivity index (χ1n) is 9.35. The summed E-state index contributed by atoms with van der Waals surface area (Å²) in [5.74, 6) is 1.12. The molecule has 3 aromatic rings. The highest BCUT2D eigenvalue weighted by atomic mass is 16.5. The van der Waals surface area contributed by atoms with Crippen LogP contribution in [0.4, 0.5) is 0 Å². The van der Waals surface area contributed by atoms with Crippen LogP contribution in [-0.4, -0.2) is 44.4 Å². The molecule has 1 aliphatic heterocycles. The van der Waals surface area contributed by atoms with Crippen molar-refractivity contribution >= 4 is 5.91 Å². The van der Waals surface area contributed by atoms with Crippen LogP contribution in [0.15, 0.2) is 41.5 Å². The van der Waals surface area contributed by atoms with Gasteiger partial charge in [-0.15, -0.1) is 0 Å². The molecule has 1 N–H and O–H groups in total. The van der Waals surface area contributed by atoms with Crippen molar-refractivity contribution in [1.29, 1.82) is 0 Å². The molecule has 29 heavy (non-hydrogen) atoms. The number of hydrogen-bond acceptors (Lipinski definition) is 6. The molecule has 0 aliphatic carbocycles. The monoisotopic (exact) mass is 391 g/mol. The lowest BCUT2D eigenvalue weighted by Gasteiger charge is -2.28. The number of carbonyl (C=O) groups is 1. The van der Waals surface area contributed by atoms with E-state index in [-0.39, 0.29) is 11.5 Å². The number of methoxy groups -OCH3 is 1. The Kier molecular flexibility index (Phi) is 5.07. The first kappa shape index (κ1) is 18.8. The van der Waals surface area contributed by atoms with Crippen molar-refractivity contribution in [3.63, 3.8) is 0 Å². The highest BCUT2D eigenvalue weighted by Crippen LogP contribution is 2.19. The molecule has 1 aliphatic rings. The fourth-order valence-electron chi connectivity index (χ4n) is 3.32. The number of benzene rings is 1. The van der Waals surface area contributed by atoms with Gasteiger partial charge in [0.05, 0.1) is 37.7 Å². The minimum atomic E-state index is -0.186. The SMILES string of the molecule is COc1ccc(CC(=O)N2CCc3c(nc(-c4cnc(C)cn4)[nH]c3=O)C2)cc1. The molecular formula is C21H21N5O3. The summed E-state index contributed by atoms with van der Waals surface area (Å²) in [6.45, 7) is 2.64. The molecule has 4 rings (SSSR count). The summed E-state index contributed by atoms with van der Waals surface area (Å²) in [7, 11) is 1.61. The number of H-pyrrole nitrogens is 1. The van der Waals surface area contributed by atoms with Crippen molar-refractivity contribution in [1.82, 2.24) is 24.8 Å². The number of aromatic amines is 1. The molecule has 1 aromatic carbocycles. The van der Waals surface area contributed by atoms with Crippen molar-refractivity contribution in [2.24, 2.45) is 0 Å². The van der Waals surface area contributed by atoms with Crippen LogP contribution >= 0.6 is 0 Å². The summed E-state index contributed by atoms with van der Waals surface area (Å²) in [5, 5.41) is 0. The van der Waals surface area contributed by atoms with E-state index in [1.807, 2.05) is 31.2 Å². The molecule has 2 aromatic heterocycles. The zero-order valence-corrected chi connectivity index (χ0v) is 16.3. The molecule has 3 heterocycles. The predicted molar refractivity (Wildman–Crippen MR) is 106 cm³/mol. The van der Waals surface area contributed by atoms with Crippen molar-refractivity contribution in [2.45, 2.75) is 26.3 Å². The van der Waals surface area contributed by atoms with Gasteiger partial charge in [0.15, 0.2) is 5.82 Å². The number of ether oxygens (including phenoxy) is 1. The molecule has 0 fully saturated rings. The average molecular weight is 391 g/mol. The lowest BCUT2D eigenvalue weighted by molar-refractivity contribution is -0.131. The van der Waals surface area contributed by atoms with Crippen molar-refractivity contribution in [3.05, 3.63) is 69.5 Å². The van der Waals surface area contributed by atoms with Gasteiger partial charge in [-0.2, -0.15) is 0 Å². The van der Waals surface area contributed by atoms with Crippen molar-refractivity contribution in [2.75, 3.05) is 13.7 Å². The Morgan fingerprint density at radius 1 is 1.21 bits per heavy atom. The van der Waals surface area contributed by atoms with E-state index in [9.17, 15) is 9.59 Å². The van der Waals surface area contributed by atoms with E-state index < -0.39 is 0 Å². The van der Waals surface area contributed by atoms with Crippen LogP contribution in [0.1, 0.15) is 22.5 Å². The summed E-state index contributed by atoms with van der Waals surface area (Å²) in [6.07, 6.45) is 3.97. The lowest BCUT2D eigenvalue weighted by Crippen LogP contribution is -2.40. The Morgan fingerprint density at radius 3 is 2.69 bits per heavy atom. The van der Waals surface area contributed by atoms with Gasteiger partial charge in [-0.05, 0) is 31.0 Å². The maximum absolute atomic E-state index is 12.8. The molecule has 0 unspecified atom stereocenters. The zero-order valence-electron chi connectivity index (χ0n) is 16.3. The average Bonchev–Trinajstić information content (AvgIpc) is 2.74.